The first-order valence-corrected chi connectivity index (χ1v) is 6.29. The topological polar surface area (TPSA) is 66.5 Å². The fourth-order valence-corrected chi connectivity index (χ4v) is 2.94. The van der Waals surface area contributed by atoms with Crippen LogP contribution in [-0.2, 0) is 9.59 Å². The Bertz CT molecular complexity index is 356. The number of rotatable bonds is 2. The third kappa shape index (κ3) is 1.81. The van der Waals surface area contributed by atoms with Gasteiger partial charge in [0.05, 0.1) is 0 Å². The van der Waals surface area contributed by atoms with Crippen molar-refractivity contribution in [2.24, 2.45) is 5.92 Å². The lowest BCUT2D eigenvalue weighted by Crippen LogP contribution is -2.62. The Morgan fingerprint density at radius 3 is 2.75 bits per heavy atom. The number of thioether (sulfide) groups is 1. The summed E-state index contributed by atoms with van der Waals surface area (Å²) in [7, 11) is 0. The predicted molar refractivity (Wildman–Crippen MR) is 59.9 cm³/mol. The Balaban J connectivity index is 2.18. The average molecular weight is 242 g/mol. The third-order valence-corrected chi connectivity index (χ3v) is 3.66. The van der Waals surface area contributed by atoms with Crippen LogP contribution in [0.5, 0.6) is 0 Å². The standard InChI is InChI=1S/C10H14N2O3S/c1-5(2)3-6-9(14)12-7(8(13)11-6)4-16-10(12)15/h5-7H,3-4H2,1-2H3,(H,11,13). The first-order chi connectivity index (χ1) is 7.50. The zero-order chi connectivity index (χ0) is 11.9. The van der Waals surface area contributed by atoms with Crippen molar-refractivity contribution < 1.29 is 14.4 Å². The summed E-state index contributed by atoms with van der Waals surface area (Å²) in [6, 6.07) is -1.13. The van der Waals surface area contributed by atoms with Crippen LogP contribution in [0.4, 0.5) is 4.79 Å². The number of nitrogens with zero attached hydrogens (tertiary/aromatic N) is 1. The van der Waals surface area contributed by atoms with Gasteiger partial charge >= 0.3 is 0 Å². The van der Waals surface area contributed by atoms with E-state index in [1.807, 2.05) is 13.8 Å². The van der Waals surface area contributed by atoms with Crippen molar-refractivity contribution >= 4 is 28.8 Å². The van der Waals surface area contributed by atoms with Crippen molar-refractivity contribution in [3.63, 3.8) is 0 Å². The summed E-state index contributed by atoms with van der Waals surface area (Å²) < 4.78 is 0. The van der Waals surface area contributed by atoms with Gasteiger partial charge in [-0.3, -0.25) is 19.3 Å². The molecule has 1 N–H and O–H groups in total. The number of nitrogens with one attached hydrogen (secondary N) is 1. The largest absolute Gasteiger partial charge is 0.342 e. The first kappa shape index (κ1) is 11.4. The van der Waals surface area contributed by atoms with Crippen molar-refractivity contribution in [3.8, 4) is 0 Å². The van der Waals surface area contributed by atoms with E-state index in [1.165, 1.54) is 0 Å². The van der Waals surface area contributed by atoms with Gasteiger partial charge in [-0.15, -0.1) is 0 Å². The van der Waals surface area contributed by atoms with Gasteiger partial charge in [-0.1, -0.05) is 25.6 Å². The summed E-state index contributed by atoms with van der Waals surface area (Å²) in [5.74, 6) is 0.221. The van der Waals surface area contributed by atoms with Crippen LogP contribution in [0.25, 0.3) is 0 Å². The minimum Gasteiger partial charge on any atom is -0.342 e. The minimum absolute atomic E-state index is 0.205. The van der Waals surface area contributed by atoms with Gasteiger partial charge in [0.15, 0.2) is 0 Å². The lowest BCUT2D eigenvalue weighted by molar-refractivity contribution is -0.144. The van der Waals surface area contributed by atoms with E-state index >= 15 is 0 Å². The summed E-state index contributed by atoms with van der Waals surface area (Å²) >= 11 is 1.04. The molecule has 0 saturated carbocycles. The second-order valence-corrected chi connectivity index (χ2v) is 5.46. The number of carbonyl (C=O) groups excluding carboxylic acids is 3. The molecule has 5 nitrogen and oxygen atoms in total. The SMILES string of the molecule is CC(C)CC1NC(=O)C2CSC(=O)N2C1=O. The quantitative estimate of drug-likeness (QED) is 0.770. The van der Waals surface area contributed by atoms with Gasteiger partial charge in [0.25, 0.3) is 11.1 Å². The van der Waals surface area contributed by atoms with Crippen LogP contribution in [0.15, 0.2) is 0 Å². The molecular weight excluding hydrogens is 228 g/mol. The van der Waals surface area contributed by atoms with Crippen LogP contribution < -0.4 is 5.32 Å². The van der Waals surface area contributed by atoms with E-state index in [1.54, 1.807) is 0 Å². The highest BCUT2D eigenvalue weighted by atomic mass is 32.2. The molecule has 3 amide bonds. The molecule has 0 radical (unpaired) electrons. The molecule has 2 aliphatic rings. The molecule has 2 aliphatic heterocycles. The Morgan fingerprint density at radius 2 is 2.12 bits per heavy atom. The fourth-order valence-electron chi connectivity index (χ4n) is 1.99. The molecule has 0 bridgehead atoms. The van der Waals surface area contributed by atoms with E-state index in [9.17, 15) is 14.4 Å². The Kier molecular flexibility index (Phi) is 2.92. The zero-order valence-corrected chi connectivity index (χ0v) is 10.0. The van der Waals surface area contributed by atoms with Crippen molar-refractivity contribution in [3.05, 3.63) is 0 Å². The lowest BCUT2D eigenvalue weighted by atomic mass is 9.99. The Morgan fingerprint density at radius 1 is 1.44 bits per heavy atom. The van der Waals surface area contributed by atoms with Gasteiger partial charge in [-0.2, -0.15) is 0 Å². The second-order valence-electron chi connectivity index (χ2n) is 4.49. The molecular formula is C10H14N2O3S. The predicted octanol–water partition coefficient (Wildman–Crippen LogP) is 0.595. The van der Waals surface area contributed by atoms with Gasteiger partial charge in [0.1, 0.15) is 12.1 Å². The lowest BCUT2D eigenvalue weighted by Gasteiger charge is -2.33. The van der Waals surface area contributed by atoms with E-state index in [4.69, 9.17) is 0 Å². The smallest absolute Gasteiger partial charge is 0.289 e. The maximum Gasteiger partial charge on any atom is 0.289 e. The van der Waals surface area contributed by atoms with Crippen molar-refractivity contribution in [2.75, 3.05) is 5.75 Å². The number of carbonyl (C=O) groups is 3. The molecule has 2 rings (SSSR count). The van der Waals surface area contributed by atoms with E-state index in [2.05, 4.69) is 5.32 Å². The van der Waals surface area contributed by atoms with Gasteiger partial charge in [0.2, 0.25) is 5.91 Å². The molecule has 2 unspecified atom stereocenters. The van der Waals surface area contributed by atoms with Crippen LogP contribution in [-0.4, -0.2) is 39.8 Å². The molecule has 0 aromatic carbocycles. The number of imide groups is 1. The maximum atomic E-state index is 12.0. The fraction of sp³-hybridized carbons (Fsp3) is 0.700. The van der Waals surface area contributed by atoms with Gasteiger partial charge in [0, 0.05) is 5.75 Å². The minimum atomic E-state index is -0.589. The van der Waals surface area contributed by atoms with Gasteiger partial charge in [-0.05, 0) is 12.3 Å². The van der Waals surface area contributed by atoms with Crippen molar-refractivity contribution in [1.29, 1.82) is 0 Å². The normalized spacial score (nSPS) is 29.7. The molecule has 2 fully saturated rings. The average Bonchev–Trinajstić information content (AvgIpc) is 2.56. The number of piperazine rings is 1. The zero-order valence-electron chi connectivity index (χ0n) is 9.23. The molecule has 2 saturated heterocycles. The van der Waals surface area contributed by atoms with E-state index in [0.29, 0.717) is 18.1 Å². The van der Waals surface area contributed by atoms with E-state index < -0.39 is 12.1 Å². The molecule has 88 valence electrons. The highest BCUT2D eigenvalue weighted by Crippen LogP contribution is 2.28. The van der Waals surface area contributed by atoms with Crippen LogP contribution in [0.1, 0.15) is 20.3 Å². The number of hydrogen-bond acceptors (Lipinski definition) is 4. The van der Waals surface area contributed by atoms with E-state index in [-0.39, 0.29) is 17.1 Å². The molecule has 6 heteroatoms. The molecule has 16 heavy (non-hydrogen) atoms. The number of fused-ring (bicyclic) bond motifs is 1. The highest BCUT2D eigenvalue weighted by Gasteiger charge is 2.47. The van der Waals surface area contributed by atoms with E-state index in [0.717, 1.165) is 16.7 Å². The molecule has 2 heterocycles. The molecule has 0 aromatic rings. The van der Waals surface area contributed by atoms with Gasteiger partial charge < -0.3 is 5.32 Å². The summed E-state index contributed by atoms with van der Waals surface area (Å²) in [5.41, 5.74) is 0. The highest BCUT2D eigenvalue weighted by molar-refractivity contribution is 8.14. The maximum absolute atomic E-state index is 12.0. The van der Waals surface area contributed by atoms with Crippen LogP contribution in [0, 0.1) is 5.92 Å². The first-order valence-electron chi connectivity index (χ1n) is 5.31. The molecule has 0 spiro atoms. The summed E-state index contributed by atoms with van der Waals surface area (Å²) in [6.45, 7) is 3.96. The summed E-state index contributed by atoms with van der Waals surface area (Å²) in [5, 5.41) is 2.40. The second kappa shape index (κ2) is 4.08. The van der Waals surface area contributed by atoms with Crippen LogP contribution in [0.2, 0.25) is 0 Å². The summed E-state index contributed by atoms with van der Waals surface area (Å²) in [4.78, 5) is 36.3. The molecule has 2 atom stereocenters. The Labute approximate surface area is 97.9 Å². The molecule has 0 aromatic heterocycles. The van der Waals surface area contributed by atoms with Crippen LogP contribution in [0.3, 0.4) is 0 Å². The van der Waals surface area contributed by atoms with Crippen molar-refractivity contribution in [2.45, 2.75) is 32.4 Å². The molecule has 0 aliphatic carbocycles. The number of amides is 3. The third-order valence-electron chi connectivity index (χ3n) is 2.73. The monoisotopic (exact) mass is 242 g/mol. The van der Waals surface area contributed by atoms with Crippen LogP contribution >= 0.6 is 11.8 Å². The number of hydrogen-bond donors (Lipinski definition) is 1. The van der Waals surface area contributed by atoms with Crippen molar-refractivity contribution in [1.82, 2.24) is 10.2 Å². The van der Waals surface area contributed by atoms with Gasteiger partial charge in [-0.25, -0.2) is 0 Å². The summed E-state index contributed by atoms with van der Waals surface area (Å²) in [6.07, 6.45) is 0.575. The Hall–Kier alpha value is -1.04.